The predicted octanol–water partition coefficient (Wildman–Crippen LogP) is 3.13. The lowest BCUT2D eigenvalue weighted by Crippen LogP contribution is -2.30. The molecule has 1 amide bonds. The van der Waals surface area contributed by atoms with E-state index in [1.165, 1.54) is 37.3 Å². The lowest BCUT2D eigenvalue weighted by atomic mass is 10.1. The van der Waals surface area contributed by atoms with Gasteiger partial charge in [0.2, 0.25) is 0 Å². The normalized spacial score (nSPS) is 12.0. The Hall–Kier alpha value is -2.35. The molecule has 0 aliphatic heterocycles. The van der Waals surface area contributed by atoms with Crippen molar-refractivity contribution < 1.29 is 26.4 Å². The van der Waals surface area contributed by atoms with E-state index in [2.05, 4.69) is 0 Å². The second-order valence-corrected chi connectivity index (χ2v) is 6.52. The average molecular weight is 343 g/mol. The monoisotopic (exact) mass is 343 g/mol. The van der Waals surface area contributed by atoms with Gasteiger partial charge >= 0.3 is 6.18 Å². The predicted molar refractivity (Wildman–Crippen MR) is 77.3 cm³/mol. The quantitative estimate of drug-likeness (QED) is 0.931. The fraction of sp³-hybridized carbons (Fsp3) is 0.133. The van der Waals surface area contributed by atoms with Gasteiger partial charge in [-0.15, -0.1) is 0 Å². The van der Waals surface area contributed by atoms with Crippen LogP contribution in [0.4, 0.5) is 13.2 Å². The highest BCUT2D eigenvalue weighted by Gasteiger charge is 2.31. The molecule has 0 bridgehead atoms. The van der Waals surface area contributed by atoms with E-state index in [0.717, 1.165) is 6.07 Å². The highest BCUT2D eigenvalue weighted by Crippen LogP contribution is 2.30. The maximum absolute atomic E-state index is 12.8. The van der Waals surface area contributed by atoms with E-state index in [1.54, 1.807) is 10.8 Å². The van der Waals surface area contributed by atoms with Gasteiger partial charge in [0.25, 0.3) is 15.9 Å². The summed E-state index contributed by atoms with van der Waals surface area (Å²) in [5.74, 6) is -1.12. The van der Waals surface area contributed by atoms with Gasteiger partial charge in [-0.2, -0.15) is 13.2 Å². The minimum absolute atomic E-state index is 0.156. The van der Waals surface area contributed by atoms with Crippen molar-refractivity contribution in [3.63, 3.8) is 0 Å². The van der Waals surface area contributed by atoms with Crippen molar-refractivity contribution in [2.75, 3.05) is 0 Å². The van der Waals surface area contributed by atoms with E-state index in [0.29, 0.717) is 6.07 Å². The second kappa shape index (κ2) is 6.04. The lowest BCUT2D eigenvalue weighted by molar-refractivity contribution is -0.137. The Morgan fingerprint density at radius 2 is 1.65 bits per heavy atom. The van der Waals surface area contributed by atoms with Crippen molar-refractivity contribution in [2.24, 2.45) is 0 Å². The van der Waals surface area contributed by atoms with Crippen LogP contribution in [0.3, 0.4) is 0 Å². The fourth-order valence-electron chi connectivity index (χ4n) is 1.92. The number of rotatable bonds is 3. The Bertz CT molecular complexity index is 831. The minimum atomic E-state index is -4.63. The highest BCUT2D eigenvalue weighted by atomic mass is 32.2. The topological polar surface area (TPSA) is 63.2 Å². The van der Waals surface area contributed by atoms with Gasteiger partial charge in [0.15, 0.2) is 0 Å². The SMILES string of the molecule is Cc1cc(C(=O)NS(=O)(=O)c2ccccc2)cc(C(F)(F)F)c1. The molecule has 4 nitrogen and oxygen atoms in total. The smallest absolute Gasteiger partial charge is 0.268 e. The number of hydrogen-bond acceptors (Lipinski definition) is 3. The van der Waals surface area contributed by atoms with Crippen molar-refractivity contribution >= 4 is 15.9 Å². The molecule has 0 heterocycles. The van der Waals surface area contributed by atoms with Gasteiger partial charge in [-0.05, 0) is 42.8 Å². The molecule has 122 valence electrons. The summed E-state index contributed by atoms with van der Waals surface area (Å²) in [5.41, 5.74) is -1.20. The number of halogens is 3. The van der Waals surface area contributed by atoms with E-state index >= 15 is 0 Å². The van der Waals surface area contributed by atoms with Gasteiger partial charge in [0.05, 0.1) is 10.5 Å². The van der Waals surface area contributed by atoms with Gasteiger partial charge in [0.1, 0.15) is 0 Å². The third kappa shape index (κ3) is 4.10. The van der Waals surface area contributed by atoms with Crippen LogP contribution in [0.5, 0.6) is 0 Å². The Kier molecular flexibility index (Phi) is 4.46. The Morgan fingerprint density at radius 1 is 1.04 bits per heavy atom. The van der Waals surface area contributed by atoms with Gasteiger partial charge in [-0.3, -0.25) is 4.79 Å². The van der Waals surface area contributed by atoms with Crippen LogP contribution in [0.15, 0.2) is 53.4 Å². The van der Waals surface area contributed by atoms with Gasteiger partial charge in [0, 0.05) is 5.56 Å². The molecule has 0 atom stereocenters. The summed E-state index contributed by atoms with van der Waals surface area (Å²) in [6, 6.07) is 9.74. The van der Waals surface area contributed by atoms with Crippen LogP contribution in [-0.4, -0.2) is 14.3 Å². The molecule has 2 rings (SSSR count). The Balaban J connectivity index is 2.33. The maximum atomic E-state index is 12.8. The number of benzene rings is 2. The van der Waals surface area contributed by atoms with Crippen molar-refractivity contribution in [3.8, 4) is 0 Å². The maximum Gasteiger partial charge on any atom is 0.416 e. The summed E-state index contributed by atoms with van der Waals surface area (Å²) >= 11 is 0. The molecule has 2 aromatic rings. The zero-order valence-corrected chi connectivity index (χ0v) is 12.7. The molecule has 8 heteroatoms. The van der Waals surface area contributed by atoms with E-state index in [1.807, 2.05) is 0 Å². The number of hydrogen-bond donors (Lipinski definition) is 1. The zero-order valence-electron chi connectivity index (χ0n) is 11.9. The van der Waals surface area contributed by atoms with E-state index in [-0.39, 0.29) is 16.0 Å². The van der Waals surface area contributed by atoms with Gasteiger partial charge < -0.3 is 0 Å². The van der Waals surface area contributed by atoms with Crippen LogP contribution in [0.1, 0.15) is 21.5 Å². The summed E-state index contributed by atoms with van der Waals surface area (Å²) in [6.07, 6.45) is -4.63. The summed E-state index contributed by atoms with van der Waals surface area (Å²) in [4.78, 5) is 11.9. The van der Waals surface area contributed by atoms with Crippen molar-refractivity contribution in [3.05, 3.63) is 65.2 Å². The van der Waals surface area contributed by atoms with E-state index < -0.39 is 27.7 Å². The Labute approximate surface area is 131 Å². The lowest BCUT2D eigenvalue weighted by Gasteiger charge is -2.11. The first-order valence-electron chi connectivity index (χ1n) is 6.41. The molecule has 0 unspecified atom stereocenters. The molecule has 0 aromatic heterocycles. The molecule has 0 saturated heterocycles. The fourth-order valence-corrected chi connectivity index (χ4v) is 2.91. The van der Waals surface area contributed by atoms with Crippen LogP contribution in [-0.2, 0) is 16.2 Å². The van der Waals surface area contributed by atoms with E-state index in [9.17, 15) is 26.4 Å². The molecule has 0 fully saturated rings. The van der Waals surface area contributed by atoms with Crippen LogP contribution in [0, 0.1) is 6.92 Å². The molecule has 0 spiro atoms. The molecule has 0 aliphatic rings. The number of carbonyl (C=O) groups excluding carboxylic acids is 1. The first-order valence-corrected chi connectivity index (χ1v) is 7.89. The number of alkyl halides is 3. The first kappa shape index (κ1) is 17.0. The molecule has 2 aromatic carbocycles. The molecule has 23 heavy (non-hydrogen) atoms. The molecular formula is C15H12F3NO3S. The Morgan fingerprint density at radius 3 is 2.22 bits per heavy atom. The van der Waals surface area contributed by atoms with Crippen molar-refractivity contribution in [1.29, 1.82) is 0 Å². The summed E-state index contributed by atoms with van der Waals surface area (Å²) in [5, 5.41) is 0. The second-order valence-electron chi connectivity index (χ2n) is 4.83. The molecule has 0 saturated carbocycles. The number of carbonyl (C=O) groups is 1. The summed E-state index contributed by atoms with van der Waals surface area (Å²) < 4.78 is 64.1. The third-order valence-corrected chi connectivity index (χ3v) is 4.29. The van der Waals surface area contributed by atoms with Gasteiger partial charge in [-0.1, -0.05) is 18.2 Å². The number of amides is 1. The minimum Gasteiger partial charge on any atom is -0.268 e. The standard InChI is InChI=1S/C15H12F3NO3S/c1-10-7-11(9-12(8-10)15(16,17)18)14(20)19-23(21,22)13-5-3-2-4-6-13/h2-9H,1H3,(H,19,20). The van der Waals surface area contributed by atoms with Crippen LogP contribution < -0.4 is 4.72 Å². The summed E-state index contributed by atoms with van der Waals surface area (Å²) in [7, 11) is -4.15. The molecular weight excluding hydrogens is 331 g/mol. The number of sulfonamides is 1. The average Bonchev–Trinajstić information content (AvgIpc) is 2.46. The summed E-state index contributed by atoms with van der Waals surface area (Å²) in [6.45, 7) is 1.39. The van der Waals surface area contributed by atoms with Crippen LogP contribution >= 0.6 is 0 Å². The molecule has 1 N–H and O–H groups in total. The third-order valence-electron chi connectivity index (χ3n) is 2.95. The van der Waals surface area contributed by atoms with Crippen molar-refractivity contribution in [1.82, 2.24) is 4.72 Å². The highest BCUT2D eigenvalue weighted by molar-refractivity contribution is 7.90. The number of nitrogens with one attached hydrogen (secondary N) is 1. The number of aryl methyl sites for hydroxylation is 1. The zero-order chi connectivity index (χ0) is 17.3. The molecule has 0 aliphatic carbocycles. The van der Waals surface area contributed by atoms with Crippen LogP contribution in [0.2, 0.25) is 0 Å². The van der Waals surface area contributed by atoms with E-state index in [4.69, 9.17) is 0 Å². The van der Waals surface area contributed by atoms with Crippen LogP contribution in [0.25, 0.3) is 0 Å². The molecule has 0 radical (unpaired) electrons. The van der Waals surface area contributed by atoms with Gasteiger partial charge in [-0.25, -0.2) is 13.1 Å². The largest absolute Gasteiger partial charge is 0.416 e. The van der Waals surface area contributed by atoms with Crippen molar-refractivity contribution in [2.45, 2.75) is 18.0 Å². The first-order chi connectivity index (χ1) is 10.6.